The number of aromatic nitrogens is 2. The summed E-state index contributed by atoms with van der Waals surface area (Å²) >= 11 is 0. The number of carbonyl (C=O) groups is 1. The summed E-state index contributed by atoms with van der Waals surface area (Å²) in [6, 6.07) is 7.44. The molecule has 0 radical (unpaired) electrons. The Morgan fingerprint density at radius 1 is 1.27 bits per heavy atom. The van der Waals surface area contributed by atoms with Gasteiger partial charge in [0.25, 0.3) is 0 Å². The molecule has 1 aromatic carbocycles. The standard InChI is InChI=1S/C19H25N3O4/c1-12(2)22-15(7-9-20-22)18-14(8-10-26-18)19(23)21-13-5-6-16(24-3)17(11-13)25-4/h5-7,9,11-12,14,18H,8,10H2,1-4H3,(H,21,23)/t14-,18-/m0/s1. The van der Waals surface area contributed by atoms with Gasteiger partial charge in [-0.1, -0.05) is 0 Å². The Hall–Kier alpha value is -2.54. The van der Waals surface area contributed by atoms with Crippen LogP contribution in [0.4, 0.5) is 5.69 Å². The summed E-state index contributed by atoms with van der Waals surface area (Å²) in [6.07, 6.45) is 2.13. The highest BCUT2D eigenvalue weighted by Crippen LogP contribution is 2.37. The van der Waals surface area contributed by atoms with E-state index in [-0.39, 0.29) is 24.0 Å². The fourth-order valence-electron chi connectivity index (χ4n) is 3.28. The average Bonchev–Trinajstić information content (AvgIpc) is 3.30. The van der Waals surface area contributed by atoms with Crippen molar-refractivity contribution in [1.29, 1.82) is 0 Å². The van der Waals surface area contributed by atoms with Crippen LogP contribution in [0.25, 0.3) is 0 Å². The molecule has 0 aliphatic carbocycles. The van der Waals surface area contributed by atoms with Crippen LogP contribution >= 0.6 is 0 Å². The number of rotatable bonds is 6. The molecule has 1 fully saturated rings. The number of ether oxygens (including phenoxy) is 3. The van der Waals surface area contributed by atoms with E-state index < -0.39 is 0 Å². The van der Waals surface area contributed by atoms with E-state index in [4.69, 9.17) is 14.2 Å². The number of hydrogen-bond acceptors (Lipinski definition) is 5. The summed E-state index contributed by atoms with van der Waals surface area (Å²) in [5, 5.41) is 7.32. The van der Waals surface area contributed by atoms with Gasteiger partial charge >= 0.3 is 0 Å². The Kier molecular flexibility index (Phi) is 5.46. The molecule has 1 saturated heterocycles. The third kappa shape index (κ3) is 3.53. The van der Waals surface area contributed by atoms with Crippen LogP contribution in [0, 0.1) is 5.92 Å². The lowest BCUT2D eigenvalue weighted by Crippen LogP contribution is -2.27. The predicted octanol–water partition coefficient (Wildman–Crippen LogP) is 3.20. The first-order chi connectivity index (χ1) is 12.5. The van der Waals surface area contributed by atoms with Crippen molar-refractivity contribution in [2.75, 3.05) is 26.1 Å². The van der Waals surface area contributed by atoms with Gasteiger partial charge in [0, 0.05) is 30.6 Å². The van der Waals surface area contributed by atoms with Crippen LogP contribution in [0.1, 0.15) is 38.1 Å². The maximum Gasteiger partial charge on any atom is 0.230 e. The summed E-state index contributed by atoms with van der Waals surface area (Å²) in [7, 11) is 3.14. The fraction of sp³-hybridized carbons (Fsp3) is 0.474. The van der Waals surface area contributed by atoms with Gasteiger partial charge in [-0.25, -0.2) is 0 Å². The Morgan fingerprint density at radius 2 is 2.04 bits per heavy atom. The Balaban J connectivity index is 1.78. The summed E-state index contributed by atoms with van der Waals surface area (Å²) < 4.78 is 18.3. The van der Waals surface area contributed by atoms with E-state index in [1.165, 1.54) is 0 Å². The highest BCUT2D eigenvalue weighted by molar-refractivity contribution is 5.93. The topological polar surface area (TPSA) is 74.6 Å². The van der Waals surface area contributed by atoms with Gasteiger partial charge in [0.1, 0.15) is 6.10 Å². The normalized spacial score (nSPS) is 19.6. The van der Waals surface area contributed by atoms with Gasteiger partial charge in [0.2, 0.25) is 5.91 Å². The third-order valence-electron chi connectivity index (χ3n) is 4.56. The lowest BCUT2D eigenvalue weighted by atomic mass is 9.97. The van der Waals surface area contributed by atoms with Gasteiger partial charge in [0.05, 0.1) is 25.8 Å². The highest BCUT2D eigenvalue weighted by atomic mass is 16.5. The minimum absolute atomic E-state index is 0.0729. The maximum absolute atomic E-state index is 12.9. The molecular formula is C19H25N3O4. The first-order valence-electron chi connectivity index (χ1n) is 8.73. The second-order valence-corrected chi connectivity index (χ2v) is 6.54. The smallest absolute Gasteiger partial charge is 0.230 e. The number of hydrogen-bond donors (Lipinski definition) is 1. The van der Waals surface area contributed by atoms with Crippen LogP contribution in [0.15, 0.2) is 30.5 Å². The fourth-order valence-corrected chi connectivity index (χ4v) is 3.28. The number of amides is 1. The molecule has 2 aromatic rings. The number of carbonyl (C=O) groups excluding carboxylic acids is 1. The van der Waals surface area contributed by atoms with Gasteiger partial charge in [0.15, 0.2) is 11.5 Å². The Bertz CT molecular complexity index is 772. The van der Waals surface area contributed by atoms with Crippen molar-refractivity contribution in [1.82, 2.24) is 9.78 Å². The molecule has 7 nitrogen and oxygen atoms in total. The zero-order chi connectivity index (χ0) is 18.7. The lowest BCUT2D eigenvalue weighted by Gasteiger charge is -2.21. The third-order valence-corrected chi connectivity index (χ3v) is 4.56. The quantitative estimate of drug-likeness (QED) is 0.857. The van der Waals surface area contributed by atoms with Crippen LogP contribution in [0.3, 0.4) is 0 Å². The minimum Gasteiger partial charge on any atom is -0.493 e. The average molecular weight is 359 g/mol. The van der Waals surface area contributed by atoms with Crippen molar-refractivity contribution in [2.45, 2.75) is 32.4 Å². The van der Waals surface area contributed by atoms with E-state index in [1.807, 2.05) is 10.7 Å². The molecule has 1 aliphatic rings. The predicted molar refractivity (Wildman–Crippen MR) is 97.6 cm³/mol. The van der Waals surface area contributed by atoms with Gasteiger partial charge in [-0.3, -0.25) is 9.48 Å². The molecule has 1 N–H and O–H groups in total. The van der Waals surface area contributed by atoms with Crippen LogP contribution in [-0.4, -0.2) is 36.5 Å². The van der Waals surface area contributed by atoms with E-state index in [0.29, 0.717) is 30.2 Å². The molecular weight excluding hydrogens is 334 g/mol. The van der Waals surface area contributed by atoms with Crippen LogP contribution in [0.2, 0.25) is 0 Å². The number of nitrogens with zero attached hydrogens (tertiary/aromatic N) is 2. The molecule has 0 bridgehead atoms. The Morgan fingerprint density at radius 3 is 2.73 bits per heavy atom. The summed E-state index contributed by atoms with van der Waals surface area (Å²) in [5.41, 5.74) is 1.60. The molecule has 1 aromatic heterocycles. The molecule has 2 heterocycles. The monoisotopic (exact) mass is 359 g/mol. The van der Waals surface area contributed by atoms with Gasteiger partial charge in [-0.05, 0) is 38.5 Å². The molecule has 1 aliphatic heterocycles. The zero-order valence-electron chi connectivity index (χ0n) is 15.6. The number of nitrogens with one attached hydrogen (secondary N) is 1. The summed E-state index contributed by atoms with van der Waals surface area (Å²) in [5.74, 6) is 0.851. The van der Waals surface area contributed by atoms with Crippen molar-refractivity contribution < 1.29 is 19.0 Å². The van der Waals surface area contributed by atoms with E-state index >= 15 is 0 Å². The van der Waals surface area contributed by atoms with E-state index in [2.05, 4.69) is 24.3 Å². The highest BCUT2D eigenvalue weighted by Gasteiger charge is 2.37. The number of methoxy groups -OCH3 is 2. The van der Waals surface area contributed by atoms with Gasteiger partial charge in [-0.2, -0.15) is 5.10 Å². The van der Waals surface area contributed by atoms with Crippen LogP contribution < -0.4 is 14.8 Å². The first-order valence-corrected chi connectivity index (χ1v) is 8.73. The van der Waals surface area contributed by atoms with Crippen molar-refractivity contribution in [3.05, 3.63) is 36.2 Å². The minimum atomic E-state index is -0.292. The van der Waals surface area contributed by atoms with Crippen LogP contribution in [-0.2, 0) is 9.53 Å². The van der Waals surface area contributed by atoms with Gasteiger partial charge < -0.3 is 19.5 Å². The largest absolute Gasteiger partial charge is 0.493 e. The maximum atomic E-state index is 12.9. The molecule has 3 rings (SSSR count). The molecule has 1 amide bonds. The SMILES string of the molecule is COc1ccc(NC(=O)[C@H]2CCO[C@@H]2c2ccnn2C(C)C)cc1OC. The van der Waals surface area contributed by atoms with Crippen LogP contribution in [0.5, 0.6) is 11.5 Å². The van der Waals surface area contributed by atoms with Crippen molar-refractivity contribution in [3.63, 3.8) is 0 Å². The van der Waals surface area contributed by atoms with Crippen molar-refractivity contribution in [2.24, 2.45) is 5.92 Å². The molecule has 2 atom stereocenters. The second kappa shape index (κ2) is 7.78. The van der Waals surface area contributed by atoms with Gasteiger partial charge in [-0.15, -0.1) is 0 Å². The second-order valence-electron chi connectivity index (χ2n) is 6.54. The molecule has 140 valence electrons. The van der Waals surface area contributed by atoms with E-state index in [1.54, 1.807) is 38.6 Å². The molecule has 0 spiro atoms. The van der Waals surface area contributed by atoms with E-state index in [9.17, 15) is 4.79 Å². The Labute approximate surface area is 153 Å². The van der Waals surface area contributed by atoms with Crippen molar-refractivity contribution in [3.8, 4) is 11.5 Å². The molecule has 7 heteroatoms. The molecule has 0 unspecified atom stereocenters. The molecule has 0 saturated carbocycles. The van der Waals surface area contributed by atoms with Crippen molar-refractivity contribution >= 4 is 11.6 Å². The number of benzene rings is 1. The molecule has 26 heavy (non-hydrogen) atoms. The summed E-state index contributed by atoms with van der Waals surface area (Å²) in [4.78, 5) is 12.9. The number of anilines is 1. The zero-order valence-corrected chi connectivity index (χ0v) is 15.6. The summed E-state index contributed by atoms with van der Waals surface area (Å²) in [6.45, 7) is 4.67. The lowest BCUT2D eigenvalue weighted by molar-refractivity contribution is -0.121. The van der Waals surface area contributed by atoms with E-state index in [0.717, 1.165) is 5.69 Å². The first kappa shape index (κ1) is 18.3.